The van der Waals surface area contributed by atoms with Crippen molar-refractivity contribution < 1.29 is 28.5 Å². The van der Waals surface area contributed by atoms with E-state index in [4.69, 9.17) is 18.9 Å². The van der Waals surface area contributed by atoms with Crippen LogP contribution in [0.4, 0.5) is 0 Å². The zero-order valence-corrected chi connectivity index (χ0v) is 25.0. The number of hydrogen-bond acceptors (Lipinski definition) is 9. The Morgan fingerprint density at radius 3 is 2.44 bits per heavy atom. The lowest BCUT2D eigenvalue weighted by molar-refractivity contribution is -0.139. The first-order chi connectivity index (χ1) is 20.8. The van der Waals surface area contributed by atoms with Crippen LogP contribution in [0, 0.1) is 0 Å². The Bertz CT molecular complexity index is 1890. The van der Waals surface area contributed by atoms with E-state index in [2.05, 4.69) is 4.99 Å². The van der Waals surface area contributed by atoms with Crippen LogP contribution < -0.4 is 29.1 Å². The van der Waals surface area contributed by atoms with Gasteiger partial charge in [0, 0.05) is 6.92 Å². The van der Waals surface area contributed by atoms with Gasteiger partial charge in [0.05, 0.1) is 35.1 Å². The smallest absolute Gasteiger partial charge is 0.338 e. The van der Waals surface area contributed by atoms with Gasteiger partial charge in [-0.3, -0.25) is 14.2 Å². The van der Waals surface area contributed by atoms with E-state index in [1.165, 1.54) is 22.8 Å². The highest BCUT2D eigenvalue weighted by Gasteiger charge is 2.34. The summed E-state index contributed by atoms with van der Waals surface area (Å²) >= 11 is 1.22. The Labute approximate surface area is 252 Å². The molecule has 1 aliphatic heterocycles. The van der Waals surface area contributed by atoms with Gasteiger partial charge in [0.25, 0.3) is 5.56 Å². The molecular formula is C33H30N2O7S. The predicted octanol–water partition coefficient (Wildman–Crippen LogP) is 4.91. The van der Waals surface area contributed by atoms with Gasteiger partial charge < -0.3 is 18.9 Å². The molecule has 0 saturated carbocycles. The van der Waals surface area contributed by atoms with Gasteiger partial charge in [-0.2, -0.15) is 0 Å². The fourth-order valence-electron chi connectivity index (χ4n) is 4.75. The minimum Gasteiger partial charge on any atom is -0.490 e. The number of fused-ring (bicyclic) bond motifs is 1. The summed E-state index contributed by atoms with van der Waals surface area (Å²) in [5.41, 5.74) is 1.70. The highest BCUT2D eigenvalue weighted by atomic mass is 32.1. The van der Waals surface area contributed by atoms with Gasteiger partial charge in [0.2, 0.25) is 0 Å². The maximum Gasteiger partial charge on any atom is 0.338 e. The van der Waals surface area contributed by atoms with Crippen LogP contribution in [0.5, 0.6) is 23.0 Å². The molecular weight excluding hydrogens is 568 g/mol. The quantitative estimate of drug-likeness (QED) is 0.199. The normalized spacial score (nSPS) is 14.5. The van der Waals surface area contributed by atoms with Crippen LogP contribution in [0.3, 0.4) is 0 Å². The number of rotatable bonds is 9. The number of hydrogen-bond donors (Lipinski definition) is 0. The number of para-hydroxylation sites is 1. The van der Waals surface area contributed by atoms with Crippen LogP contribution in [0.2, 0.25) is 0 Å². The maximum atomic E-state index is 14.0. The summed E-state index contributed by atoms with van der Waals surface area (Å²) in [5.74, 6) is 0.806. The number of aromatic nitrogens is 1. The molecule has 1 aromatic heterocycles. The molecule has 0 saturated heterocycles. The van der Waals surface area contributed by atoms with Crippen molar-refractivity contribution in [3.05, 3.63) is 115 Å². The first-order valence-electron chi connectivity index (χ1n) is 13.8. The standard InChI is InChI=1S/C33H30N2O7S/c1-5-39-27-19-23(15-16-26(27)41-21(4)36)30-29(32(38)40-6-2)20(3)34-33-35(30)31(37)28(43-33)18-22-11-10-14-25(17-22)42-24-12-8-7-9-13-24/h7-19,30H,5-6H2,1-4H3. The number of carbonyl (C=O) groups excluding carboxylic acids is 2. The molecule has 0 spiro atoms. The summed E-state index contributed by atoms with van der Waals surface area (Å²) in [6.45, 7) is 7.01. The third-order valence-electron chi connectivity index (χ3n) is 6.49. The van der Waals surface area contributed by atoms with Crippen molar-refractivity contribution in [3.8, 4) is 23.0 Å². The van der Waals surface area contributed by atoms with Crippen LogP contribution in [0.25, 0.3) is 6.08 Å². The molecule has 0 N–H and O–H groups in total. The molecule has 0 aliphatic carbocycles. The van der Waals surface area contributed by atoms with Gasteiger partial charge in [-0.25, -0.2) is 9.79 Å². The lowest BCUT2D eigenvalue weighted by Gasteiger charge is -2.25. The molecule has 3 aromatic carbocycles. The minimum atomic E-state index is -0.851. The third-order valence-corrected chi connectivity index (χ3v) is 7.47. The molecule has 1 unspecified atom stereocenters. The molecule has 1 aliphatic rings. The van der Waals surface area contributed by atoms with Crippen molar-refractivity contribution in [2.45, 2.75) is 33.7 Å². The zero-order valence-electron chi connectivity index (χ0n) is 24.2. The van der Waals surface area contributed by atoms with Crippen molar-refractivity contribution >= 4 is 29.4 Å². The molecule has 0 amide bonds. The van der Waals surface area contributed by atoms with E-state index in [0.717, 1.165) is 5.56 Å². The van der Waals surface area contributed by atoms with Gasteiger partial charge in [0.1, 0.15) is 11.5 Å². The lowest BCUT2D eigenvalue weighted by atomic mass is 9.95. The molecule has 220 valence electrons. The fourth-order valence-corrected chi connectivity index (χ4v) is 5.80. The Morgan fingerprint density at radius 1 is 0.953 bits per heavy atom. The van der Waals surface area contributed by atoms with Crippen molar-refractivity contribution in [2.24, 2.45) is 4.99 Å². The van der Waals surface area contributed by atoms with Crippen molar-refractivity contribution in [3.63, 3.8) is 0 Å². The van der Waals surface area contributed by atoms with Crippen LogP contribution in [0.15, 0.2) is 93.9 Å². The van der Waals surface area contributed by atoms with Crippen LogP contribution in [0.1, 0.15) is 44.9 Å². The summed E-state index contributed by atoms with van der Waals surface area (Å²) in [6, 6.07) is 21.0. The van der Waals surface area contributed by atoms with Crippen LogP contribution in [-0.4, -0.2) is 29.7 Å². The number of carbonyl (C=O) groups is 2. The molecule has 10 heteroatoms. The molecule has 0 radical (unpaired) electrons. The number of nitrogens with zero attached hydrogens (tertiary/aromatic N) is 2. The summed E-state index contributed by atoms with van der Waals surface area (Å²) in [7, 11) is 0. The largest absolute Gasteiger partial charge is 0.490 e. The average Bonchev–Trinajstić information content (AvgIpc) is 3.27. The Morgan fingerprint density at radius 2 is 1.72 bits per heavy atom. The first kappa shape index (κ1) is 29.5. The number of benzene rings is 3. The molecule has 9 nitrogen and oxygen atoms in total. The first-order valence-corrected chi connectivity index (χ1v) is 14.6. The van der Waals surface area contributed by atoms with Crippen molar-refractivity contribution in [1.29, 1.82) is 0 Å². The minimum absolute atomic E-state index is 0.156. The molecule has 43 heavy (non-hydrogen) atoms. The van der Waals surface area contributed by atoms with Gasteiger partial charge in [-0.1, -0.05) is 47.7 Å². The topological polar surface area (TPSA) is 105 Å². The van der Waals surface area contributed by atoms with Gasteiger partial charge in [-0.15, -0.1) is 0 Å². The van der Waals surface area contributed by atoms with E-state index in [9.17, 15) is 14.4 Å². The number of ether oxygens (including phenoxy) is 4. The third kappa shape index (κ3) is 6.44. The van der Waals surface area contributed by atoms with E-state index in [1.807, 2.05) is 54.6 Å². The van der Waals surface area contributed by atoms with Crippen molar-refractivity contribution in [2.75, 3.05) is 13.2 Å². The van der Waals surface area contributed by atoms with Crippen LogP contribution in [-0.2, 0) is 14.3 Å². The Balaban J connectivity index is 1.63. The van der Waals surface area contributed by atoms with E-state index >= 15 is 0 Å². The Kier molecular flexibility index (Phi) is 8.87. The summed E-state index contributed by atoms with van der Waals surface area (Å²) in [5, 5.41) is 0. The number of thiazole rings is 1. The molecule has 0 bridgehead atoms. The predicted molar refractivity (Wildman–Crippen MR) is 162 cm³/mol. The lowest BCUT2D eigenvalue weighted by Crippen LogP contribution is -2.40. The fraction of sp³-hybridized carbons (Fsp3) is 0.212. The second-order valence-electron chi connectivity index (χ2n) is 9.52. The molecule has 4 aromatic rings. The van der Waals surface area contributed by atoms with Crippen molar-refractivity contribution in [1.82, 2.24) is 4.57 Å². The highest BCUT2D eigenvalue weighted by molar-refractivity contribution is 7.07. The highest BCUT2D eigenvalue weighted by Crippen LogP contribution is 2.36. The van der Waals surface area contributed by atoms with Crippen LogP contribution >= 0.6 is 11.3 Å². The van der Waals surface area contributed by atoms with E-state index in [0.29, 0.717) is 44.4 Å². The van der Waals surface area contributed by atoms with Gasteiger partial charge in [0.15, 0.2) is 16.3 Å². The number of allylic oxidation sites excluding steroid dienone is 1. The maximum absolute atomic E-state index is 14.0. The van der Waals surface area contributed by atoms with E-state index < -0.39 is 18.0 Å². The monoisotopic (exact) mass is 598 g/mol. The summed E-state index contributed by atoms with van der Waals surface area (Å²) < 4.78 is 24.4. The second kappa shape index (κ2) is 12.9. The van der Waals surface area contributed by atoms with E-state index in [-0.39, 0.29) is 23.5 Å². The van der Waals surface area contributed by atoms with Gasteiger partial charge in [-0.05, 0) is 74.4 Å². The zero-order chi connectivity index (χ0) is 30.5. The molecule has 1 atom stereocenters. The summed E-state index contributed by atoms with van der Waals surface area (Å²) in [6.07, 6.45) is 1.78. The Hall–Kier alpha value is -4.96. The van der Waals surface area contributed by atoms with Gasteiger partial charge >= 0.3 is 11.9 Å². The summed E-state index contributed by atoms with van der Waals surface area (Å²) in [4.78, 5) is 44.0. The molecule has 2 heterocycles. The molecule has 5 rings (SSSR count). The second-order valence-corrected chi connectivity index (χ2v) is 10.5. The SMILES string of the molecule is CCOC(=O)C1=C(C)N=c2sc(=Cc3cccc(Oc4ccccc4)c3)c(=O)n2C1c1ccc(OC(C)=O)c(OCC)c1. The average molecular weight is 599 g/mol. The number of esters is 2. The molecule has 0 fully saturated rings. The van der Waals surface area contributed by atoms with E-state index in [1.54, 1.807) is 45.0 Å².